The lowest BCUT2D eigenvalue weighted by atomic mass is 10.2. The minimum absolute atomic E-state index is 0.280. The zero-order valence-corrected chi connectivity index (χ0v) is 12.0. The van der Waals surface area contributed by atoms with Crippen molar-refractivity contribution < 1.29 is 4.74 Å². The van der Waals surface area contributed by atoms with Crippen LogP contribution in [-0.2, 0) is 6.54 Å². The number of rotatable bonds is 3. The highest BCUT2D eigenvalue weighted by molar-refractivity contribution is 5.53. The summed E-state index contributed by atoms with van der Waals surface area (Å²) in [6.45, 7) is 4.95. The molecule has 2 aromatic rings. The molecule has 1 aliphatic heterocycles. The van der Waals surface area contributed by atoms with Crippen LogP contribution in [0.4, 0.5) is 17.6 Å². The van der Waals surface area contributed by atoms with Gasteiger partial charge in [-0.15, -0.1) is 0 Å². The third-order valence-corrected chi connectivity index (χ3v) is 3.36. The smallest absolute Gasteiger partial charge is 0.223 e. The van der Waals surface area contributed by atoms with Gasteiger partial charge in [-0.1, -0.05) is 18.2 Å². The Labute approximate surface area is 124 Å². The molecule has 0 aliphatic carbocycles. The predicted molar refractivity (Wildman–Crippen MR) is 83.6 cm³/mol. The Bertz CT molecular complexity index is 631. The number of benzene rings is 1. The van der Waals surface area contributed by atoms with Crippen LogP contribution in [0.2, 0.25) is 0 Å². The van der Waals surface area contributed by atoms with Gasteiger partial charge in [-0.05, 0) is 13.0 Å². The lowest BCUT2D eigenvalue weighted by Crippen LogP contribution is -2.26. The average molecular weight is 285 g/mol. The number of hydrogen-bond donors (Lipinski definition) is 2. The first-order valence-electron chi connectivity index (χ1n) is 7.10. The zero-order chi connectivity index (χ0) is 14.7. The van der Waals surface area contributed by atoms with Gasteiger partial charge in [-0.25, -0.2) is 0 Å². The SMILES string of the molecule is CCNc1cc(N2CCOc3ccccc3C2)nc(N)n1. The fraction of sp³-hybridized carbons (Fsp3) is 0.333. The Morgan fingerprint density at radius 3 is 3.05 bits per heavy atom. The quantitative estimate of drug-likeness (QED) is 0.897. The number of fused-ring (bicyclic) bond motifs is 1. The van der Waals surface area contributed by atoms with Crippen molar-refractivity contribution in [3.63, 3.8) is 0 Å². The lowest BCUT2D eigenvalue weighted by Gasteiger charge is -2.21. The molecule has 1 aromatic carbocycles. The fourth-order valence-corrected chi connectivity index (χ4v) is 2.41. The number of aromatic nitrogens is 2. The normalized spacial score (nSPS) is 14.0. The molecule has 21 heavy (non-hydrogen) atoms. The van der Waals surface area contributed by atoms with Crippen molar-refractivity contribution in [3.05, 3.63) is 35.9 Å². The molecule has 0 atom stereocenters. The van der Waals surface area contributed by atoms with Gasteiger partial charge in [0.15, 0.2) is 0 Å². The summed E-state index contributed by atoms with van der Waals surface area (Å²) in [5, 5.41) is 3.17. The molecular formula is C15H19N5O. The van der Waals surface area contributed by atoms with Crippen LogP contribution in [0, 0.1) is 0 Å². The van der Waals surface area contributed by atoms with E-state index in [1.165, 1.54) is 0 Å². The monoisotopic (exact) mass is 285 g/mol. The summed E-state index contributed by atoms with van der Waals surface area (Å²) in [6.07, 6.45) is 0. The Balaban J connectivity index is 1.90. The number of nitrogens with zero attached hydrogens (tertiary/aromatic N) is 3. The van der Waals surface area contributed by atoms with Crippen LogP contribution >= 0.6 is 0 Å². The second kappa shape index (κ2) is 5.87. The summed E-state index contributed by atoms with van der Waals surface area (Å²) in [4.78, 5) is 10.7. The van der Waals surface area contributed by atoms with Crippen molar-refractivity contribution >= 4 is 17.6 Å². The number of nitrogen functional groups attached to an aromatic ring is 1. The highest BCUT2D eigenvalue weighted by Crippen LogP contribution is 2.26. The third-order valence-electron chi connectivity index (χ3n) is 3.36. The van der Waals surface area contributed by atoms with Gasteiger partial charge in [0.2, 0.25) is 5.95 Å². The van der Waals surface area contributed by atoms with Gasteiger partial charge < -0.3 is 20.7 Å². The van der Waals surface area contributed by atoms with E-state index in [1.807, 2.05) is 31.2 Å². The summed E-state index contributed by atoms with van der Waals surface area (Å²) < 4.78 is 5.78. The number of ether oxygens (including phenoxy) is 1. The molecule has 0 radical (unpaired) electrons. The maximum atomic E-state index is 5.81. The van der Waals surface area contributed by atoms with Crippen LogP contribution in [0.3, 0.4) is 0 Å². The van der Waals surface area contributed by atoms with Crippen LogP contribution in [0.1, 0.15) is 12.5 Å². The number of hydrogen-bond acceptors (Lipinski definition) is 6. The van der Waals surface area contributed by atoms with Crippen LogP contribution in [-0.4, -0.2) is 29.7 Å². The van der Waals surface area contributed by atoms with Crippen molar-refractivity contribution in [2.45, 2.75) is 13.5 Å². The topological polar surface area (TPSA) is 76.3 Å². The van der Waals surface area contributed by atoms with E-state index >= 15 is 0 Å². The number of nitrogens with one attached hydrogen (secondary N) is 1. The minimum Gasteiger partial charge on any atom is -0.491 e. The first-order chi connectivity index (χ1) is 10.3. The van der Waals surface area contributed by atoms with Crippen molar-refractivity contribution in [1.82, 2.24) is 9.97 Å². The molecule has 0 saturated heterocycles. The van der Waals surface area contributed by atoms with Crippen molar-refractivity contribution in [2.24, 2.45) is 0 Å². The van der Waals surface area contributed by atoms with Gasteiger partial charge in [-0.3, -0.25) is 0 Å². The van der Waals surface area contributed by atoms with E-state index in [1.54, 1.807) is 0 Å². The van der Waals surface area contributed by atoms with Gasteiger partial charge in [0, 0.05) is 24.7 Å². The number of para-hydroxylation sites is 1. The van der Waals surface area contributed by atoms with Crippen LogP contribution in [0.25, 0.3) is 0 Å². The van der Waals surface area contributed by atoms with Crippen molar-refractivity contribution in [2.75, 3.05) is 35.6 Å². The predicted octanol–water partition coefficient (Wildman–Crippen LogP) is 1.89. The lowest BCUT2D eigenvalue weighted by molar-refractivity contribution is 0.331. The first-order valence-corrected chi connectivity index (χ1v) is 7.10. The molecule has 3 N–H and O–H groups in total. The minimum atomic E-state index is 0.280. The molecule has 1 aromatic heterocycles. The van der Waals surface area contributed by atoms with Crippen LogP contribution in [0.5, 0.6) is 5.75 Å². The van der Waals surface area contributed by atoms with Crippen molar-refractivity contribution in [3.8, 4) is 5.75 Å². The molecule has 110 valence electrons. The molecule has 1 aliphatic rings. The highest BCUT2D eigenvalue weighted by Gasteiger charge is 2.17. The van der Waals surface area contributed by atoms with Crippen LogP contribution in [0.15, 0.2) is 30.3 Å². The summed E-state index contributed by atoms with van der Waals surface area (Å²) in [6, 6.07) is 10.00. The number of anilines is 3. The molecule has 2 heterocycles. The highest BCUT2D eigenvalue weighted by atomic mass is 16.5. The van der Waals surface area contributed by atoms with E-state index in [0.717, 1.165) is 42.6 Å². The summed E-state index contributed by atoms with van der Waals surface area (Å²) in [7, 11) is 0. The Morgan fingerprint density at radius 1 is 1.33 bits per heavy atom. The average Bonchev–Trinajstić information content (AvgIpc) is 2.69. The van der Waals surface area contributed by atoms with Gasteiger partial charge in [0.25, 0.3) is 0 Å². The third kappa shape index (κ3) is 2.99. The molecule has 6 nitrogen and oxygen atoms in total. The standard InChI is InChI=1S/C15H19N5O/c1-2-17-13-9-14(19-15(16)18-13)20-7-8-21-12-6-4-3-5-11(12)10-20/h3-6,9H,2,7-8,10H2,1H3,(H3,16,17,18,19). The fourth-order valence-electron chi connectivity index (χ4n) is 2.41. The second-order valence-electron chi connectivity index (χ2n) is 4.88. The molecular weight excluding hydrogens is 266 g/mol. The Morgan fingerprint density at radius 2 is 2.19 bits per heavy atom. The maximum absolute atomic E-state index is 5.81. The van der Waals surface area contributed by atoms with Gasteiger partial charge in [-0.2, -0.15) is 9.97 Å². The van der Waals surface area contributed by atoms with E-state index in [4.69, 9.17) is 10.5 Å². The van der Waals surface area contributed by atoms with Crippen molar-refractivity contribution in [1.29, 1.82) is 0 Å². The molecule has 6 heteroatoms. The van der Waals surface area contributed by atoms with E-state index in [2.05, 4.69) is 26.3 Å². The number of nitrogens with two attached hydrogens (primary N) is 1. The molecule has 0 saturated carbocycles. The van der Waals surface area contributed by atoms with E-state index in [0.29, 0.717) is 6.61 Å². The summed E-state index contributed by atoms with van der Waals surface area (Å²) in [5.74, 6) is 2.79. The molecule has 0 spiro atoms. The second-order valence-corrected chi connectivity index (χ2v) is 4.88. The summed E-state index contributed by atoms with van der Waals surface area (Å²) >= 11 is 0. The first kappa shape index (κ1) is 13.5. The largest absolute Gasteiger partial charge is 0.491 e. The van der Waals surface area contributed by atoms with Gasteiger partial charge in [0.1, 0.15) is 24.0 Å². The van der Waals surface area contributed by atoms with Crippen LogP contribution < -0.4 is 20.7 Å². The molecule has 0 bridgehead atoms. The maximum Gasteiger partial charge on any atom is 0.223 e. The molecule has 3 rings (SSSR count). The zero-order valence-electron chi connectivity index (χ0n) is 12.0. The molecule has 0 fully saturated rings. The Hall–Kier alpha value is -2.50. The molecule has 0 unspecified atom stereocenters. The van der Waals surface area contributed by atoms with E-state index in [9.17, 15) is 0 Å². The molecule has 0 amide bonds. The van der Waals surface area contributed by atoms with Gasteiger partial charge in [0.05, 0.1) is 6.54 Å². The Kier molecular flexibility index (Phi) is 3.77. The van der Waals surface area contributed by atoms with E-state index < -0.39 is 0 Å². The van der Waals surface area contributed by atoms with E-state index in [-0.39, 0.29) is 5.95 Å². The van der Waals surface area contributed by atoms with Gasteiger partial charge >= 0.3 is 0 Å². The summed E-state index contributed by atoms with van der Waals surface area (Å²) in [5.41, 5.74) is 6.96.